The molecule has 228 valence electrons. The molecular formula is C33H30ClF2N3O5. The van der Waals surface area contributed by atoms with Crippen LogP contribution in [0.5, 0.6) is 5.75 Å². The van der Waals surface area contributed by atoms with E-state index in [2.05, 4.69) is 10.6 Å². The van der Waals surface area contributed by atoms with E-state index in [0.29, 0.717) is 46.6 Å². The van der Waals surface area contributed by atoms with Crippen molar-refractivity contribution >= 4 is 35.0 Å². The van der Waals surface area contributed by atoms with Crippen molar-refractivity contribution in [1.82, 2.24) is 0 Å². The molecule has 1 aromatic heterocycles. The number of hydrogen-bond donors (Lipinski definition) is 2. The Labute approximate surface area is 258 Å². The lowest BCUT2D eigenvalue weighted by Gasteiger charge is -2.22. The third kappa shape index (κ3) is 6.16. The standard InChI is InChI=1S/C33H30ClF2N3O5/c1-18-6-4-9-23(28-16-29(43-2)24(17-39(28)42)30-26(35)13-12-25(34)31(30)36)20-8-5-7-19(14-20)22-11-10-21(37-33(41)44-3)15-27(22)38-32(18)40/h5,7-8,10-18,23H,4,6,9H2,1-3H3,(H,37,41)(H,38,40)/t18-,23-/m1/s1. The maximum atomic E-state index is 14.9. The molecule has 2 N–H and O–H groups in total. The number of nitrogens with one attached hydrogen (secondary N) is 2. The van der Waals surface area contributed by atoms with Crippen LogP contribution in [0, 0.1) is 22.8 Å². The van der Waals surface area contributed by atoms with Gasteiger partial charge in [-0.3, -0.25) is 10.1 Å². The number of ether oxygens (including phenoxy) is 2. The monoisotopic (exact) mass is 621 g/mol. The van der Waals surface area contributed by atoms with Gasteiger partial charge in [0.25, 0.3) is 0 Å². The third-order valence-electron chi connectivity index (χ3n) is 7.82. The molecule has 2 heterocycles. The number of hydrogen-bond acceptors (Lipinski definition) is 5. The molecule has 1 aliphatic rings. The van der Waals surface area contributed by atoms with Crippen LogP contribution in [0.3, 0.4) is 0 Å². The second-order valence-electron chi connectivity index (χ2n) is 10.6. The Kier molecular flexibility index (Phi) is 9.01. The molecule has 4 aromatic rings. The van der Waals surface area contributed by atoms with Gasteiger partial charge in [0, 0.05) is 17.2 Å². The summed E-state index contributed by atoms with van der Waals surface area (Å²) in [6, 6.07) is 16.4. The molecule has 0 radical (unpaired) electrons. The molecular weight excluding hydrogens is 592 g/mol. The number of nitrogens with zero attached hydrogens (tertiary/aromatic N) is 1. The van der Waals surface area contributed by atoms with Crippen LogP contribution in [0.2, 0.25) is 5.02 Å². The Morgan fingerprint density at radius 3 is 2.61 bits per heavy atom. The van der Waals surface area contributed by atoms with E-state index in [-0.39, 0.29) is 28.2 Å². The maximum Gasteiger partial charge on any atom is 0.411 e. The number of halogens is 3. The predicted molar refractivity (Wildman–Crippen MR) is 164 cm³/mol. The summed E-state index contributed by atoms with van der Waals surface area (Å²) in [5.41, 5.74) is 3.03. The number of methoxy groups -OCH3 is 2. The minimum absolute atomic E-state index is 0.0683. The zero-order valence-electron chi connectivity index (χ0n) is 24.2. The average molecular weight is 622 g/mol. The van der Waals surface area contributed by atoms with Crippen molar-refractivity contribution in [2.24, 2.45) is 5.92 Å². The lowest BCUT2D eigenvalue weighted by Crippen LogP contribution is -2.34. The van der Waals surface area contributed by atoms with Crippen LogP contribution in [0.4, 0.5) is 25.0 Å². The molecule has 0 unspecified atom stereocenters. The van der Waals surface area contributed by atoms with Crippen LogP contribution < -0.4 is 20.1 Å². The van der Waals surface area contributed by atoms with Crippen molar-refractivity contribution in [3.8, 4) is 28.0 Å². The lowest BCUT2D eigenvalue weighted by molar-refractivity contribution is -0.614. The highest BCUT2D eigenvalue weighted by Crippen LogP contribution is 2.40. The highest BCUT2D eigenvalue weighted by molar-refractivity contribution is 6.31. The highest BCUT2D eigenvalue weighted by atomic mass is 35.5. The summed E-state index contributed by atoms with van der Waals surface area (Å²) in [6.07, 6.45) is 2.11. The molecule has 44 heavy (non-hydrogen) atoms. The second kappa shape index (κ2) is 12.9. The van der Waals surface area contributed by atoms with Crippen LogP contribution in [0.1, 0.15) is 43.4 Å². The zero-order chi connectivity index (χ0) is 31.5. The molecule has 1 aliphatic heterocycles. The van der Waals surface area contributed by atoms with E-state index in [0.717, 1.165) is 29.5 Å². The van der Waals surface area contributed by atoms with E-state index < -0.39 is 29.2 Å². The number of anilines is 2. The normalized spacial score (nSPS) is 16.5. The van der Waals surface area contributed by atoms with E-state index in [1.54, 1.807) is 18.2 Å². The van der Waals surface area contributed by atoms with Crippen molar-refractivity contribution < 1.29 is 32.6 Å². The molecule has 0 fully saturated rings. The van der Waals surface area contributed by atoms with Crippen molar-refractivity contribution in [2.45, 2.75) is 32.1 Å². The number of aromatic nitrogens is 1. The Morgan fingerprint density at radius 2 is 1.86 bits per heavy atom. The fourth-order valence-electron chi connectivity index (χ4n) is 5.49. The predicted octanol–water partition coefficient (Wildman–Crippen LogP) is 7.66. The first kappa shape index (κ1) is 30.7. The van der Waals surface area contributed by atoms with Crippen LogP contribution in [0.25, 0.3) is 22.3 Å². The van der Waals surface area contributed by atoms with Gasteiger partial charge in [-0.05, 0) is 48.2 Å². The molecule has 3 aromatic carbocycles. The molecule has 5 rings (SSSR count). The quantitative estimate of drug-likeness (QED) is 0.138. The Balaban J connectivity index is 1.64. The van der Waals surface area contributed by atoms with Crippen molar-refractivity contribution in [3.63, 3.8) is 0 Å². The number of pyridine rings is 1. The van der Waals surface area contributed by atoms with Gasteiger partial charge in [-0.2, -0.15) is 4.73 Å². The van der Waals surface area contributed by atoms with Gasteiger partial charge in [0.15, 0.2) is 12.0 Å². The smallest absolute Gasteiger partial charge is 0.411 e. The van der Waals surface area contributed by atoms with Gasteiger partial charge in [0.05, 0.1) is 48.0 Å². The molecule has 0 saturated heterocycles. The maximum absolute atomic E-state index is 14.9. The number of carbonyl (C=O) groups is 2. The minimum atomic E-state index is -0.993. The highest BCUT2D eigenvalue weighted by Gasteiger charge is 2.29. The Bertz CT molecular complexity index is 1750. The van der Waals surface area contributed by atoms with Gasteiger partial charge < -0.3 is 20.0 Å². The summed E-state index contributed by atoms with van der Waals surface area (Å²) in [5, 5.41) is 18.9. The van der Waals surface area contributed by atoms with Gasteiger partial charge in [-0.25, -0.2) is 13.6 Å². The van der Waals surface area contributed by atoms with E-state index in [1.807, 2.05) is 31.2 Å². The fraction of sp³-hybridized carbons (Fsp3) is 0.242. The van der Waals surface area contributed by atoms with Crippen LogP contribution in [0.15, 0.2) is 66.9 Å². The first-order chi connectivity index (χ1) is 21.1. The molecule has 0 spiro atoms. The summed E-state index contributed by atoms with van der Waals surface area (Å²) < 4.78 is 40.6. The van der Waals surface area contributed by atoms with Gasteiger partial charge >= 0.3 is 6.09 Å². The second-order valence-corrected chi connectivity index (χ2v) is 11.0. The summed E-state index contributed by atoms with van der Waals surface area (Å²) in [7, 11) is 2.62. The van der Waals surface area contributed by atoms with Crippen LogP contribution >= 0.6 is 11.6 Å². The molecule has 8 nitrogen and oxygen atoms in total. The third-order valence-corrected chi connectivity index (χ3v) is 8.11. The number of carbonyl (C=O) groups excluding carboxylic acids is 2. The van der Waals surface area contributed by atoms with E-state index in [1.165, 1.54) is 20.3 Å². The molecule has 2 amide bonds. The molecule has 0 saturated carbocycles. The first-order valence-corrected chi connectivity index (χ1v) is 14.3. The number of fused-ring (bicyclic) bond motifs is 4. The summed E-state index contributed by atoms with van der Waals surface area (Å²) in [4.78, 5) is 25.0. The van der Waals surface area contributed by atoms with Crippen molar-refractivity contribution in [2.75, 3.05) is 24.9 Å². The Hall–Kier alpha value is -4.70. The molecule has 11 heteroatoms. The van der Waals surface area contributed by atoms with E-state index >= 15 is 0 Å². The number of benzene rings is 3. The SMILES string of the molecule is COC(=O)Nc1ccc2c(c1)NC(=O)[C@H](C)CCC[C@@H](c1cc(OC)c(-c3c(F)ccc(Cl)c3F)c[n+]1[O-])c1cccc-2c1. The van der Waals surface area contributed by atoms with Gasteiger partial charge in [0.2, 0.25) is 11.6 Å². The fourth-order valence-corrected chi connectivity index (χ4v) is 5.64. The summed E-state index contributed by atoms with van der Waals surface area (Å²) >= 11 is 5.92. The lowest BCUT2D eigenvalue weighted by atomic mass is 9.86. The Morgan fingerprint density at radius 1 is 1.07 bits per heavy atom. The number of amides is 2. The van der Waals surface area contributed by atoms with Gasteiger partial charge in [-0.1, -0.05) is 55.3 Å². The van der Waals surface area contributed by atoms with Crippen molar-refractivity contribution in [3.05, 3.63) is 100.0 Å². The van der Waals surface area contributed by atoms with E-state index in [4.69, 9.17) is 21.1 Å². The zero-order valence-corrected chi connectivity index (χ0v) is 25.0. The number of rotatable bonds is 4. The average Bonchev–Trinajstić information content (AvgIpc) is 3.01. The minimum Gasteiger partial charge on any atom is -0.618 e. The molecule has 2 bridgehead atoms. The largest absolute Gasteiger partial charge is 0.618 e. The van der Waals surface area contributed by atoms with Gasteiger partial charge in [-0.15, -0.1) is 0 Å². The molecule has 0 aliphatic carbocycles. The summed E-state index contributed by atoms with van der Waals surface area (Å²) in [6.45, 7) is 1.82. The summed E-state index contributed by atoms with van der Waals surface area (Å²) in [5.74, 6) is -2.75. The van der Waals surface area contributed by atoms with Crippen molar-refractivity contribution in [1.29, 1.82) is 0 Å². The van der Waals surface area contributed by atoms with Gasteiger partial charge in [0.1, 0.15) is 11.6 Å². The van der Waals surface area contributed by atoms with Crippen LogP contribution in [-0.2, 0) is 9.53 Å². The first-order valence-electron chi connectivity index (χ1n) is 14.0. The van der Waals surface area contributed by atoms with Crippen LogP contribution in [-0.4, -0.2) is 26.2 Å². The molecule has 2 atom stereocenters. The topological polar surface area (TPSA) is 104 Å². The van der Waals surface area contributed by atoms with E-state index in [9.17, 15) is 23.6 Å².